The lowest BCUT2D eigenvalue weighted by Crippen LogP contribution is -2.25. The maximum absolute atomic E-state index is 13.0. The average molecular weight is 811 g/mol. The van der Waals surface area contributed by atoms with Crippen LogP contribution < -0.4 is 20.3 Å². The van der Waals surface area contributed by atoms with Crippen LogP contribution in [0, 0.1) is 27.7 Å². The molecule has 306 valence electrons. The second-order valence-electron chi connectivity index (χ2n) is 14.6. The molecule has 0 aliphatic carbocycles. The molecule has 3 heterocycles. The standard InChI is InChI=1S/C49H46N8O4/c1-30-21-33(4)48(60-28-45(58)57-55-27-37-10-7-11-43-39(37)17-20-52-43)41(22-30)38-13-15-44(53-26-38)47-32(3)23-40(31(2)9-8-18-50-6)49(34(47)5)61-29-46(59)56-54-25-35-12-14-42-36(24-35)16-19-51-42/h7-27,51-52H,6,28-29H2,1-5H3,(H,56,59)(H,57,58)/b18-8-,31-9+,54-25+,55-27+. The monoisotopic (exact) mass is 810 g/mol. The molecule has 0 saturated heterocycles. The van der Waals surface area contributed by atoms with Gasteiger partial charge in [-0.1, -0.05) is 36.4 Å². The molecule has 7 rings (SSSR count). The summed E-state index contributed by atoms with van der Waals surface area (Å²) < 4.78 is 12.4. The zero-order valence-electron chi connectivity index (χ0n) is 34.7. The van der Waals surface area contributed by atoms with Gasteiger partial charge in [-0.05, 0) is 129 Å². The van der Waals surface area contributed by atoms with Crippen molar-refractivity contribution in [3.8, 4) is 33.9 Å². The summed E-state index contributed by atoms with van der Waals surface area (Å²) in [7, 11) is 0. The van der Waals surface area contributed by atoms with Crippen LogP contribution in [-0.4, -0.2) is 59.1 Å². The number of pyridine rings is 1. The predicted molar refractivity (Wildman–Crippen MR) is 245 cm³/mol. The summed E-state index contributed by atoms with van der Waals surface area (Å²) in [5, 5.41) is 10.4. The van der Waals surface area contributed by atoms with Crippen molar-refractivity contribution >= 4 is 58.3 Å². The molecule has 12 nitrogen and oxygen atoms in total. The zero-order valence-corrected chi connectivity index (χ0v) is 34.7. The fourth-order valence-electron chi connectivity index (χ4n) is 7.30. The Hall–Kier alpha value is -7.86. The van der Waals surface area contributed by atoms with E-state index in [1.165, 1.54) is 0 Å². The van der Waals surface area contributed by atoms with Gasteiger partial charge in [-0.2, -0.15) is 10.2 Å². The van der Waals surface area contributed by atoms with Crippen molar-refractivity contribution in [1.82, 2.24) is 25.8 Å². The molecule has 2 amide bonds. The second kappa shape index (κ2) is 18.8. The smallest absolute Gasteiger partial charge is 0.277 e. The van der Waals surface area contributed by atoms with Crippen LogP contribution in [-0.2, 0) is 9.59 Å². The van der Waals surface area contributed by atoms with Crippen molar-refractivity contribution in [2.75, 3.05) is 13.2 Å². The summed E-state index contributed by atoms with van der Waals surface area (Å²) in [4.78, 5) is 41.0. The fraction of sp³-hybridized carbons (Fsp3) is 0.143. The molecule has 0 bridgehead atoms. The largest absolute Gasteiger partial charge is 0.483 e. The molecule has 0 radical (unpaired) electrons. The van der Waals surface area contributed by atoms with Crippen molar-refractivity contribution < 1.29 is 19.1 Å². The van der Waals surface area contributed by atoms with Gasteiger partial charge in [0.15, 0.2) is 13.2 Å². The SMILES string of the molecule is C=N/C=C\C=C(/C)c1cc(C)c(-c2ccc(-c3cc(C)cc(C)c3OCC(=O)N/N=C/c3cccc4[nH]ccc34)cn2)c(C)c1OCC(=O)N/N=C/c1ccc2[nH]ccc2c1. The van der Waals surface area contributed by atoms with Crippen molar-refractivity contribution in [1.29, 1.82) is 0 Å². The number of benzene rings is 4. The Labute approximate surface area is 353 Å². The maximum Gasteiger partial charge on any atom is 0.277 e. The van der Waals surface area contributed by atoms with Gasteiger partial charge in [0, 0.05) is 74.6 Å². The van der Waals surface area contributed by atoms with Crippen molar-refractivity contribution in [2.24, 2.45) is 15.2 Å². The number of ether oxygens (including phenoxy) is 2. The van der Waals surface area contributed by atoms with E-state index in [2.05, 4.69) is 42.7 Å². The van der Waals surface area contributed by atoms with E-state index < -0.39 is 11.8 Å². The number of aryl methyl sites for hydroxylation is 3. The molecule has 0 aliphatic rings. The number of H-pyrrole nitrogens is 2. The van der Waals surface area contributed by atoms with Crippen molar-refractivity contribution in [3.63, 3.8) is 0 Å². The number of aromatic amines is 2. The summed E-state index contributed by atoms with van der Waals surface area (Å²) in [6.07, 6.45) is 14.1. The minimum absolute atomic E-state index is 0.232. The third kappa shape index (κ3) is 9.72. The van der Waals surface area contributed by atoms with Crippen LogP contribution in [0.1, 0.15) is 45.9 Å². The molecular formula is C49H46N8O4. The van der Waals surface area contributed by atoms with E-state index in [9.17, 15) is 9.59 Å². The Balaban J connectivity index is 1.09. The van der Waals surface area contributed by atoms with Crippen molar-refractivity contribution in [3.05, 3.63) is 155 Å². The Morgan fingerprint density at radius 3 is 2.33 bits per heavy atom. The minimum atomic E-state index is -0.409. The van der Waals surface area contributed by atoms with Gasteiger partial charge in [0.1, 0.15) is 11.5 Å². The second-order valence-corrected chi connectivity index (χ2v) is 14.6. The van der Waals surface area contributed by atoms with Crippen molar-refractivity contribution in [2.45, 2.75) is 34.6 Å². The lowest BCUT2D eigenvalue weighted by Gasteiger charge is -2.20. The first-order valence-electron chi connectivity index (χ1n) is 19.6. The van der Waals surface area contributed by atoms with E-state index in [0.717, 1.165) is 88.7 Å². The van der Waals surface area contributed by atoms with Gasteiger partial charge in [-0.15, -0.1) is 0 Å². The number of aromatic nitrogens is 3. The van der Waals surface area contributed by atoms with E-state index in [1.807, 2.05) is 132 Å². The number of hydrogen-bond acceptors (Lipinski definition) is 8. The van der Waals surface area contributed by atoms with Gasteiger partial charge < -0.3 is 19.4 Å². The number of carbonyl (C=O) groups excluding carboxylic acids is 2. The summed E-state index contributed by atoms with van der Waals surface area (Å²) in [5.74, 6) is 0.328. The molecule has 0 unspecified atom stereocenters. The van der Waals surface area contributed by atoms with E-state index in [-0.39, 0.29) is 13.2 Å². The Kier molecular flexibility index (Phi) is 12.7. The molecule has 0 spiro atoms. The quantitative estimate of drug-likeness (QED) is 0.0461. The first-order valence-corrected chi connectivity index (χ1v) is 19.6. The molecule has 4 aromatic carbocycles. The molecule has 12 heteroatoms. The van der Waals surface area contributed by atoms with E-state index in [0.29, 0.717) is 11.5 Å². The van der Waals surface area contributed by atoms with Crippen LogP contribution in [0.4, 0.5) is 0 Å². The third-order valence-electron chi connectivity index (χ3n) is 10.1. The first-order chi connectivity index (χ1) is 29.6. The number of rotatable bonds is 15. The molecule has 61 heavy (non-hydrogen) atoms. The number of hydrazone groups is 2. The highest BCUT2D eigenvalue weighted by Gasteiger charge is 2.20. The third-order valence-corrected chi connectivity index (χ3v) is 10.1. The number of aliphatic imine (C=N–C) groups is 1. The van der Waals surface area contributed by atoms with E-state index in [1.54, 1.807) is 30.9 Å². The fourth-order valence-corrected chi connectivity index (χ4v) is 7.30. The Bertz CT molecular complexity index is 2880. The highest BCUT2D eigenvalue weighted by molar-refractivity contribution is 5.99. The summed E-state index contributed by atoms with van der Waals surface area (Å²) >= 11 is 0. The summed E-state index contributed by atoms with van der Waals surface area (Å²) in [6.45, 7) is 12.9. The maximum atomic E-state index is 13.0. The predicted octanol–water partition coefficient (Wildman–Crippen LogP) is 9.29. The number of amides is 2. The van der Waals surface area contributed by atoms with Gasteiger partial charge in [0.05, 0.1) is 18.1 Å². The Morgan fingerprint density at radius 2 is 1.56 bits per heavy atom. The van der Waals surface area contributed by atoms with Crippen LogP contribution >= 0.6 is 0 Å². The number of hydrogen-bond donors (Lipinski definition) is 4. The van der Waals surface area contributed by atoms with Crippen LogP contribution in [0.5, 0.6) is 11.5 Å². The lowest BCUT2D eigenvalue weighted by molar-refractivity contribution is -0.123. The first kappa shape index (κ1) is 41.3. The molecule has 0 saturated carbocycles. The van der Waals surface area contributed by atoms with Crippen LogP contribution in [0.2, 0.25) is 0 Å². The average Bonchev–Trinajstić information content (AvgIpc) is 3.93. The highest BCUT2D eigenvalue weighted by Crippen LogP contribution is 2.40. The number of carbonyl (C=O) groups is 2. The van der Waals surface area contributed by atoms with Gasteiger partial charge in [-0.25, -0.2) is 10.9 Å². The van der Waals surface area contributed by atoms with E-state index >= 15 is 0 Å². The molecule has 7 aromatic rings. The number of fused-ring (bicyclic) bond motifs is 2. The Morgan fingerprint density at radius 1 is 0.803 bits per heavy atom. The highest BCUT2D eigenvalue weighted by atomic mass is 16.5. The zero-order chi connectivity index (χ0) is 42.9. The van der Waals surface area contributed by atoms with E-state index in [4.69, 9.17) is 14.5 Å². The molecule has 0 fully saturated rings. The normalized spacial score (nSPS) is 11.9. The minimum Gasteiger partial charge on any atom is -0.483 e. The molecular weight excluding hydrogens is 765 g/mol. The van der Waals surface area contributed by atoms with Crippen LogP contribution in [0.25, 0.3) is 49.8 Å². The van der Waals surface area contributed by atoms with Crippen LogP contribution in [0.3, 0.4) is 0 Å². The molecule has 3 aromatic heterocycles. The summed E-state index contributed by atoms with van der Waals surface area (Å²) in [6, 6.07) is 25.6. The number of nitrogens with zero attached hydrogens (tertiary/aromatic N) is 4. The van der Waals surface area contributed by atoms with Gasteiger partial charge in [0.25, 0.3) is 11.8 Å². The lowest BCUT2D eigenvalue weighted by atomic mass is 9.92. The van der Waals surface area contributed by atoms with Gasteiger partial charge >= 0.3 is 0 Å². The molecule has 4 N–H and O–H groups in total. The molecule has 0 atom stereocenters. The van der Waals surface area contributed by atoms with Gasteiger partial charge in [0.2, 0.25) is 0 Å². The van der Waals surface area contributed by atoms with Gasteiger partial charge in [-0.3, -0.25) is 19.6 Å². The topological polar surface area (TPSA) is 158 Å². The summed E-state index contributed by atoms with van der Waals surface area (Å²) in [5.41, 5.74) is 17.6. The van der Waals surface area contributed by atoms with Crippen LogP contribution in [0.15, 0.2) is 131 Å². The molecule has 0 aliphatic heterocycles. The number of allylic oxidation sites excluding steroid dienone is 3. The number of nitrogens with one attached hydrogen (secondary N) is 4.